The molecular formula is C39H71NO3. The van der Waals surface area contributed by atoms with Crippen LogP contribution in [0.1, 0.15) is 174 Å². The van der Waals surface area contributed by atoms with Gasteiger partial charge >= 0.3 is 0 Å². The van der Waals surface area contributed by atoms with E-state index in [1.807, 2.05) is 6.08 Å². The molecule has 0 saturated carbocycles. The average Bonchev–Trinajstić information content (AvgIpc) is 3.01. The van der Waals surface area contributed by atoms with Crippen LogP contribution in [0.4, 0.5) is 0 Å². The number of allylic oxidation sites excluding steroid dienone is 7. The Morgan fingerprint density at radius 2 is 0.930 bits per heavy atom. The van der Waals surface area contributed by atoms with Crippen molar-refractivity contribution in [2.45, 2.75) is 187 Å². The van der Waals surface area contributed by atoms with Gasteiger partial charge in [-0.25, -0.2) is 0 Å². The van der Waals surface area contributed by atoms with E-state index in [2.05, 4.69) is 55.6 Å². The summed E-state index contributed by atoms with van der Waals surface area (Å²) in [5, 5.41) is 22.8. The first kappa shape index (κ1) is 41.4. The van der Waals surface area contributed by atoms with Gasteiger partial charge in [0.15, 0.2) is 0 Å². The zero-order chi connectivity index (χ0) is 31.5. The molecule has 0 radical (unpaired) electrons. The Kier molecular flexibility index (Phi) is 33.5. The summed E-state index contributed by atoms with van der Waals surface area (Å²) >= 11 is 0. The number of amides is 1. The Balaban J connectivity index is 3.67. The van der Waals surface area contributed by atoms with E-state index in [4.69, 9.17) is 0 Å². The minimum Gasteiger partial charge on any atom is -0.394 e. The Labute approximate surface area is 267 Å². The quantitative estimate of drug-likeness (QED) is 0.0530. The molecule has 0 aliphatic carbocycles. The van der Waals surface area contributed by atoms with Crippen molar-refractivity contribution >= 4 is 5.91 Å². The molecule has 0 aliphatic heterocycles. The van der Waals surface area contributed by atoms with E-state index in [-0.39, 0.29) is 12.5 Å². The number of carbonyl (C=O) groups is 1. The molecule has 0 bridgehead atoms. The Morgan fingerprint density at radius 1 is 0.535 bits per heavy atom. The van der Waals surface area contributed by atoms with Crippen LogP contribution < -0.4 is 5.32 Å². The fraction of sp³-hybridized carbons (Fsp3) is 0.769. The fourth-order valence-corrected chi connectivity index (χ4v) is 5.13. The van der Waals surface area contributed by atoms with Gasteiger partial charge in [-0.15, -0.1) is 0 Å². The van der Waals surface area contributed by atoms with Crippen molar-refractivity contribution in [3.05, 3.63) is 48.6 Å². The van der Waals surface area contributed by atoms with Crippen LogP contribution in [0, 0.1) is 0 Å². The number of hydrogen-bond donors (Lipinski definition) is 3. The third kappa shape index (κ3) is 31.6. The van der Waals surface area contributed by atoms with Crippen LogP contribution in [0.25, 0.3) is 0 Å². The topological polar surface area (TPSA) is 69.6 Å². The molecule has 0 aliphatic rings. The van der Waals surface area contributed by atoms with Crippen molar-refractivity contribution in [3.63, 3.8) is 0 Å². The average molecular weight is 602 g/mol. The van der Waals surface area contributed by atoms with E-state index in [1.54, 1.807) is 6.08 Å². The molecule has 0 aromatic heterocycles. The van der Waals surface area contributed by atoms with Gasteiger partial charge in [-0.1, -0.05) is 152 Å². The minimum absolute atomic E-state index is 0.0862. The fourth-order valence-electron chi connectivity index (χ4n) is 5.13. The van der Waals surface area contributed by atoms with Crippen LogP contribution in [0.5, 0.6) is 0 Å². The summed E-state index contributed by atoms with van der Waals surface area (Å²) in [7, 11) is 0. The molecule has 1 amide bonds. The van der Waals surface area contributed by atoms with Crippen molar-refractivity contribution in [2.75, 3.05) is 6.61 Å². The van der Waals surface area contributed by atoms with E-state index in [9.17, 15) is 15.0 Å². The largest absolute Gasteiger partial charge is 0.394 e. The molecule has 0 heterocycles. The number of carbonyl (C=O) groups excluding carboxylic acids is 1. The van der Waals surface area contributed by atoms with E-state index in [1.165, 1.54) is 116 Å². The van der Waals surface area contributed by atoms with Crippen molar-refractivity contribution in [1.29, 1.82) is 0 Å². The normalized spacial score (nSPS) is 13.7. The SMILES string of the molecule is CCCC/C=C/CC/C=C/CC/C=C/C(O)C(CO)NC(=O)CCCCCCCCC/C=C\CCCCCCCCCC. The van der Waals surface area contributed by atoms with Gasteiger partial charge in [0, 0.05) is 6.42 Å². The highest BCUT2D eigenvalue weighted by atomic mass is 16.3. The van der Waals surface area contributed by atoms with E-state index in [0.29, 0.717) is 6.42 Å². The van der Waals surface area contributed by atoms with Gasteiger partial charge in [0.2, 0.25) is 5.91 Å². The highest BCUT2D eigenvalue weighted by Crippen LogP contribution is 2.12. The number of hydrogen-bond acceptors (Lipinski definition) is 3. The molecule has 43 heavy (non-hydrogen) atoms. The second-order valence-electron chi connectivity index (χ2n) is 12.3. The van der Waals surface area contributed by atoms with Crippen molar-refractivity contribution in [2.24, 2.45) is 0 Å². The number of unbranched alkanes of at least 4 members (excludes halogenated alkanes) is 19. The first-order chi connectivity index (χ1) is 21.2. The Morgan fingerprint density at radius 3 is 1.42 bits per heavy atom. The van der Waals surface area contributed by atoms with Crippen LogP contribution in [-0.4, -0.2) is 34.9 Å². The van der Waals surface area contributed by atoms with E-state index < -0.39 is 12.1 Å². The first-order valence-electron chi connectivity index (χ1n) is 18.4. The minimum atomic E-state index is -0.869. The zero-order valence-electron chi connectivity index (χ0n) is 28.5. The monoisotopic (exact) mass is 602 g/mol. The summed E-state index contributed by atoms with van der Waals surface area (Å²) in [4.78, 5) is 12.3. The van der Waals surface area contributed by atoms with Crippen molar-refractivity contribution in [3.8, 4) is 0 Å². The van der Waals surface area contributed by atoms with E-state index in [0.717, 1.165) is 38.5 Å². The van der Waals surface area contributed by atoms with Crippen molar-refractivity contribution < 1.29 is 15.0 Å². The summed E-state index contributed by atoms with van der Waals surface area (Å²) in [5.41, 5.74) is 0. The number of aliphatic hydroxyl groups is 2. The Bertz CT molecular complexity index is 697. The smallest absolute Gasteiger partial charge is 0.220 e. The molecule has 250 valence electrons. The second-order valence-corrected chi connectivity index (χ2v) is 12.3. The van der Waals surface area contributed by atoms with Gasteiger partial charge in [0.05, 0.1) is 18.8 Å². The van der Waals surface area contributed by atoms with Crippen LogP contribution in [-0.2, 0) is 4.79 Å². The molecule has 0 aromatic rings. The number of rotatable bonds is 32. The lowest BCUT2D eigenvalue weighted by Gasteiger charge is -2.19. The lowest BCUT2D eigenvalue weighted by molar-refractivity contribution is -0.123. The predicted octanol–water partition coefficient (Wildman–Crippen LogP) is 10.8. The molecule has 2 unspecified atom stereocenters. The van der Waals surface area contributed by atoms with Crippen LogP contribution in [0.2, 0.25) is 0 Å². The third-order valence-corrected chi connectivity index (χ3v) is 8.01. The van der Waals surface area contributed by atoms with Gasteiger partial charge in [0.25, 0.3) is 0 Å². The highest BCUT2D eigenvalue weighted by Gasteiger charge is 2.17. The summed E-state index contributed by atoms with van der Waals surface area (Å²) in [6.45, 7) is 4.22. The van der Waals surface area contributed by atoms with Gasteiger partial charge in [-0.3, -0.25) is 4.79 Å². The molecule has 4 heteroatoms. The predicted molar refractivity (Wildman–Crippen MR) is 188 cm³/mol. The molecule has 0 saturated heterocycles. The van der Waals surface area contributed by atoms with Crippen LogP contribution in [0.3, 0.4) is 0 Å². The molecule has 0 fully saturated rings. The lowest BCUT2D eigenvalue weighted by atomic mass is 10.1. The summed E-state index contributed by atoms with van der Waals surface area (Å²) in [5.74, 6) is -0.0862. The van der Waals surface area contributed by atoms with Gasteiger partial charge < -0.3 is 15.5 Å². The van der Waals surface area contributed by atoms with Crippen molar-refractivity contribution in [1.82, 2.24) is 5.32 Å². The summed E-state index contributed by atoms with van der Waals surface area (Å²) in [6, 6.07) is -0.645. The summed E-state index contributed by atoms with van der Waals surface area (Å²) < 4.78 is 0. The van der Waals surface area contributed by atoms with Crippen LogP contribution >= 0.6 is 0 Å². The van der Waals surface area contributed by atoms with Gasteiger partial charge in [0.1, 0.15) is 0 Å². The molecule has 0 spiro atoms. The van der Waals surface area contributed by atoms with E-state index >= 15 is 0 Å². The van der Waals surface area contributed by atoms with Crippen LogP contribution in [0.15, 0.2) is 48.6 Å². The Hall–Kier alpha value is -1.65. The zero-order valence-corrected chi connectivity index (χ0v) is 28.5. The first-order valence-corrected chi connectivity index (χ1v) is 18.4. The standard InChI is InChI=1S/C39H71NO3/c1-3-5-7-9-11-13-15-17-18-19-20-21-22-23-25-27-29-31-33-35-39(43)40-37(36-41)38(42)34-32-30-28-26-24-16-14-12-10-8-6-4-2/h10,12,19-20,24,26,32,34,37-38,41-42H,3-9,11,13-18,21-23,25,27-31,33,35-36H2,1-2H3,(H,40,43)/b12-10+,20-19-,26-24+,34-32+. The maximum atomic E-state index is 12.3. The maximum absolute atomic E-state index is 12.3. The molecule has 2 atom stereocenters. The number of aliphatic hydroxyl groups excluding tert-OH is 2. The van der Waals surface area contributed by atoms with Gasteiger partial charge in [-0.05, 0) is 64.2 Å². The number of nitrogens with one attached hydrogen (secondary N) is 1. The summed E-state index contributed by atoms with van der Waals surface area (Å²) in [6.07, 6.45) is 46.2. The molecule has 0 aromatic carbocycles. The molecule has 0 rings (SSSR count). The van der Waals surface area contributed by atoms with Gasteiger partial charge in [-0.2, -0.15) is 0 Å². The lowest BCUT2D eigenvalue weighted by Crippen LogP contribution is -2.45. The maximum Gasteiger partial charge on any atom is 0.220 e. The second kappa shape index (κ2) is 34.8. The highest BCUT2D eigenvalue weighted by molar-refractivity contribution is 5.76. The molecule has 4 nitrogen and oxygen atoms in total. The third-order valence-electron chi connectivity index (χ3n) is 8.01. The molecular weight excluding hydrogens is 530 g/mol. The molecule has 3 N–H and O–H groups in total.